The van der Waals surface area contributed by atoms with Crippen molar-refractivity contribution in [3.05, 3.63) is 23.7 Å². The Morgan fingerprint density at radius 1 is 1.39 bits per heavy atom. The van der Waals surface area contributed by atoms with Crippen LogP contribution >= 0.6 is 0 Å². The Hall–Kier alpha value is -1.04. The maximum atomic E-state index is 11.8. The molecule has 0 aromatic carbocycles. The van der Waals surface area contributed by atoms with Crippen LogP contribution in [0, 0.1) is 17.3 Å². The first kappa shape index (κ1) is 14.3. The molecule has 2 saturated carbocycles. The summed E-state index contributed by atoms with van der Waals surface area (Å²) in [5.41, 5.74) is -1.16. The number of hydrogen-bond donors (Lipinski definition) is 2. The zero-order valence-corrected chi connectivity index (χ0v) is 13.7. The lowest BCUT2D eigenvalue weighted by Crippen LogP contribution is -2.76. The van der Waals surface area contributed by atoms with Crippen molar-refractivity contribution in [2.24, 2.45) is 17.3 Å². The zero-order chi connectivity index (χ0) is 16.0. The second-order valence-electron chi connectivity index (χ2n) is 8.02. The van der Waals surface area contributed by atoms with Gasteiger partial charge < -0.3 is 24.6 Å². The van der Waals surface area contributed by atoms with E-state index in [2.05, 4.69) is 18.0 Å². The summed E-state index contributed by atoms with van der Waals surface area (Å²) in [6.07, 6.45) is 6.50. The number of ether oxygens (including phenoxy) is 2. The molecule has 2 aliphatic heterocycles. The summed E-state index contributed by atoms with van der Waals surface area (Å²) in [4.78, 5) is 2.32. The Bertz CT molecular complexity index is 616. The predicted octanol–water partition coefficient (Wildman–Crippen LogP) is 1.03. The van der Waals surface area contributed by atoms with Crippen LogP contribution in [0.3, 0.4) is 0 Å². The van der Waals surface area contributed by atoms with Gasteiger partial charge in [0.2, 0.25) is 0 Å². The van der Waals surface area contributed by atoms with E-state index >= 15 is 0 Å². The molecule has 23 heavy (non-hydrogen) atoms. The average Bonchev–Trinajstić information content (AvgIpc) is 2.90. The Balaban J connectivity index is 1.75. The van der Waals surface area contributed by atoms with Crippen LogP contribution in [0.15, 0.2) is 23.7 Å². The standard InChI is InChI=1S/C18H25NO4/c1-19-8-7-17-14-10-3-4-12(22-2)15(14)23-16(17)11(20)5-6-18(17,21)13(19)9-10/h3-4,10-11,13-14,16,20-21H,5-9H2,1-2H3/t10?,11-,13+,14?,16-,17-,18+/m0/s1. The van der Waals surface area contributed by atoms with E-state index in [4.69, 9.17) is 9.47 Å². The molecule has 5 heteroatoms. The summed E-state index contributed by atoms with van der Waals surface area (Å²) >= 11 is 0. The van der Waals surface area contributed by atoms with Gasteiger partial charge in [-0.05, 0) is 51.3 Å². The Morgan fingerprint density at radius 3 is 3.00 bits per heavy atom. The van der Waals surface area contributed by atoms with Crippen molar-refractivity contribution < 1.29 is 19.7 Å². The molecule has 2 bridgehead atoms. The third kappa shape index (κ3) is 1.42. The molecule has 5 rings (SSSR count). The summed E-state index contributed by atoms with van der Waals surface area (Å²) < 4.78 is 11.9. The Kier molecular flexibility index (Phi) is 2.69. The third-order valence-corrected chi connectivity index (χ3v) is 7.42. The third-order valence-electron chi connectivity index (χ3n) is 7.42. The van der Waals surface area contributed by atoms with Gasteiger partial charge in [0, 0.05) is 12.0 Å². The molecule has 2 N–H and O–H groups in total. The highest BCUT2D eigenvalue weighted by molar-refractivity contribution is 5.38. The van der Waals surface area contributed by atoms with Gasteiger partial charge in [0.15, 0.2) is 5.76 Å². The molecule has 2 heterocycles. The number of hydrogen-bond acceptors (Lipinski definition) is 5. The van der Waals surface area contributed by atoms with Crippen LogP contribution in [0.5, 0.6) is 0 Å². The Morgan fingerprint density at radius 2 is 2.22 bits per heavy atom. The van der Waals surface area contributed by atoms with E-state index in [0.717, 1.165) is 30.9 Å². The molecule has 3 aliphatic carbocycles. The fourth-order valence-electron chi connectivity index (χ4n) is 6.50. The van der Waals surface area contributed by atoms with Crippen LogP contribution in [-0.2, 0) is 9.47 Å². The van der Waals surface area contributed by atoms with E-state index in [9.17, 15) is 10.2 Å². The maximum Gasteiger partial charge on any atom is 0.156 e. The largest absolute Gasteiger partial charge is 0.493 e. The predicted molar refractivity (Wildman–Crippen MR) is 83.3 cm³/mol. The quantitative estimate of drug-likeness (QED) is 0.756. The van der Waals surface area contributed by atoms with Crippen molar-refractivity contribution in [1.29, 1.82) is 0 Å². The molecule has 5 aliphatic rings. The van der Waals surface area contributed by atoms with E-state index in [1.165, 1.54) is 0 Å². The molecule has 4 fully saturated rings. The SMILES string of the molecule is COC1=C2O[C@H]3[C@@H](O)CC[C@@]4(O)[C@H]5CC(C=C1)C2[C@@]34CCN5C. The van der Waals surface area contributed by atoms with Crippen LogP contribution < -0.4 is 0 Å². The normalized spacial score (nSPS) is 53.8. The van der Waals surface area contributed by atoms with E-state index in [0.29, 0.717) is 18.8 Å². The summed E-state index contributed by atoms with van der Waals surface area (Å²) in [6.45, 7) is 0.947. The van der Waals surface area contributed by atoms with Gasteiger partial charge in [-0.1, -0.05) is 6.08 Å². The first-order valence-corrected chi connectivity index (χ1v) is 8.76. The highest BCUT2D eigenvalue weighted by Crippen LogP contribution is 2.69. The minimum Gasteiger partial charge on any atom is -0.493 e. The first-order valence-electron chi connectivity index (χ1n) is 8.76. The van der Waals surface area contributed by atoms with Gasteiger partial charge in [-0.15, -0.1) is 0 Å². The van der Waals surface area contributed by atoms with Crippen LogP contribution in [0.25, 0.3) is 0 Å². The second kappa shape index (κ2) is 4.32. The van der Waals surface area contributed by atoms with Crippen molar-refractivity contribution >= 4 is 0 Å². The smallest absolute Gasteiger partial charge is 0.156 e. The van der Waals surface area contributed by atoms with Crippen molar-refractivity contribution in [3.63, 3.8) is 0 Å². The number of likely N-dealkylation sites (N-methyl/N-ethyl adjacent to an activating group) is 1. The molecular weight excluding hydrogens is 294 g/mol. The van der Waals surface area contributed by atoms with Crippen LogP contribution in [0.2, 0.25) is 0 Å². The molecule has 2 saturated heterocycles. The number of rotatable bonds is 1. The lowest BCUT2D eigenvalue weighted by Gasteiger charge is -2.66. The molecular formula is C18H25NO4. The minimum atomic E-state index is -0.781. The van der Waals surface area contributed by atoms with Gasteiger partial charge in [0.1, 0.15) is 11.9 Å². The van der Waals surface area contributed by atoms with Crippen LogP contribution in [0.4, 0.5) is 0 Å². The molecule has 5 nitrogen and oxygen atoms in total. The van der Waals surface area contributed by atoms with E-state index in [-0.39, 0.29) is 23.5 Å². The van der Waals surface area contributed by atoms with Crippen molar-refractivity contribution in [2.45, 2.75) is 49.5 Å². The van der Waals surface area contributed by atoms with E-state index < -0.39 is 11.7 Å². The number of piperidine rings is 1. The molecule has 0 aromatic rings. The fraction of sp³-hybridized carbons (Fsp3) is 0.778. The molecule has 0 amide bonds. The highest BCUT2D eigenvalue weighted by atomic mass is 16.5. The maximum absolute atomic E-state index is 11.8. The van der Waals surface area contributed by atoms with Crippen LogP contribution in [-0.4, -0.2) is 59.7 Å². The zero-order valence-electron chi connectivity index (χ0n) is 13.7. The molecule has 1 spiro atoms. The molecule has 2 unspecified atom stereocenters. The van der Waals surface area contributed by atoms with Gasteiger partial charge in [-0.2, -0.15) is 0 Å². The van der Waals surface area contributed by atoms with Crippen molar-refractivity contribution in [2.75, 3.05) is 20.7 Å². The highest BCUT2D eigenvalue weighted by Gasteiger charge is 2.76. The van der Waals surface area contributed by atoms with Gasteiger partial charge in [0.05, 0.1) is 24.2 Å². The molecule has 126 valence electrons. The molecule has 0 aromatic heterocycles. The summed E-state index contributed by atoms with van der Waals surface area (Å²) in [6, 6.07) is 0.143. The van der Waals surface area contributed by atoms with Gasteiger partial charge >= 0.3 is 0 Å². The molecule has 7 atom stereocenters. The number of nitrogens with zero attached hydrogens (tertiary/aromatic N) is 1. The van der Waals surface area contributed by atoms with Crippen molar-refractivity contribution in [3.8, 4) is 0 Å². The van der Waals surface area contributed by atoms with Gasteiger partial charge in [0.25, 0.3) is 0 Å². The number of likely N-dealkylation sites (tertiary alicyclic amines) is 1. The lowest BCUT2D eigenvalue weighted by molar-refractivity contribution is -0.264. The fourth-order valence-corrected chi connectivity index (χ4v) is 6.50. The van der Waals surface area contributed by atoms with E-state index in [1.807, 2.05) is 6.08 Å². The Labute approximate surface area is 136 Å². The van der Waals surface area contributed by atoms with Gasteiger partial charge in [-0.25, -0.2) is 0 Å². The first-order chi connectivity index (χ1) is 11.0. The number of aliphatic hydroxyl groups is 2. The number of methoxy groups -OCH3 is 1. The van der Waals surface area contributed by atoms with Gasteiger partial charge in [-0.3, -0.25) is 0 Å². The summed E-state index contributed by atoms with van der Waals surface area (Å²) in [7, 11) is 3.79. The summed E-state index contributed by atoms with van der Waals surface area (Å²) in [5, 5.41) is 22.5. The monoisotopic (exact) mass is 319 g/mol. The molecule has 0 radical (unpaired) electrons. The van der Waals surface area contributed by atoms with E-state index in [1.54, 1.807) is 7.11 Å². The average molecular weight is 319 g/mol. The lowest BCUT2D eigenvalue weighted by atomic mass is 9.44. The number of aliphatic hydroxyl groups excluding tert-OH is 1. The summed E-state index contributed by atoms with van der Waals surface area (Å²) in [5.74, 6) is 2.12. The van der Waals surface area contributed by atoms with Crippen LogP contribution in [0.1, 0.15) is 25.7 Å². The second-order valence-corrected chi connectivity index (χ2v) is 8.02. The number of allylic oxidation sites excluding steroid dienone is 3. The van der Waals surface area contributed by atoms with Crippen molar-refractivity contribution in [1.82, 2.24) is 4.90 Å². The minimum absolute atomic E-state index is 0.136. The topological polar surface area (TPSA) is 62.2 Å².